The molecule has 0 aliphatic rings. The van der Waals surface area contributed by atoms with Crippen LogP contribution in [0.1, 0.15) is 34.8 Å². The molecule has 17 heavy (non-hydrogen) atoms. The molecule has 0 aromatic heterocycles. The number of nitriles is 1. The Hall–Kier alpha value is -2.16. The lowest BCUT2D eigenvalue weighted by Gasteiger charge is -2.09. The summed E-state index contributed by atoms with van der Waals surface area (Å²) in [4.78, 5) is 11.4. The van der Waals surface area contributed by atoms with Crippen molar-refractivity contribution in [3.63, 3.8) is 0 Å². The van der Waals surface area contributed by atoms with Crippen LogP contribution in [0.15, 0.2) is 12.1 Å². The number of carbonyl (C=O) groups is 1. The fourth-order valence-corrected chi connectivity index (χ4v) is 1.25. The summed E-state index contributed by atoms with van der Waals surface area (Å²) in [5, 5.41) is 18.1. The van der Waals surface area contributed by atoms with Crippen molar-refractivity contribution < 1.29 is 23.4 Å². The molecule has 0 bridgehead atoms. The Morgan fingerprint density at radius 2 is 2.24 bits per heavy atom. The van der Waals surface area contributed by atoms with Crippen LogP contribution in [0.2, 0.25) is 0 Å². The molecule has 0 saturated carbocycles. The second-order valence-electron chi connectivity index (χ2n) is 3.09. The van der Waals surface area contributed by atoms with Crippen LogP contribution in [0.4, 0.5) is 8.78 Å². The second-order valence-corrected chi connectivity index (χ2v) is 3.09. The van der Waals surface area contributed by atoms with E-state index in [4.69, 9.17) is 5.26 Å². The van der Waals surface area contributed by atoms with Gasteiger partial charge in [0.05, 0.1) is 23.8 Å². The van der Waals surface area contributed by atoms with Crippen LogP contribution in [-0.4, -0.2) is 17.7 Å². The minimum absolute atomic E-state index is 0.0407. The molecular weight excluding hydrogens is 232 g/mol. The molecule has 1 aromatic rings. The Morgan fingerprint density at radius 3 is 2.71 bits per heavy atom. The molecule has 0 atom stereocenters. The molecule has 0 spiro atoms. The van der Waals surface area contributed by atoms with E-state index in [0.717, 1.165) is 12.1 Å². The smallest absolute Gasteiger partial charge is 0.341 e. The van der Waals surface area contributed by atoms with Gasteiger partial charge in [-0.2, -0.15) is 5.26 Å². The number of benzene rings is 1. The van der Waals surface area contributed by atoms with Gasteiger partial charge in [0.1, 0.15) is 11.3 Å². The van der Waals surface area contributed by atoms with Crippen molar-refractivity contribution in [2.45, 2.75) is 13.3 Å². The van der Waals surface area contributed by atoms with Gasteiger partial charge in [-0.1, -0.05) is 0 Å². The van der Waals surface area contributed by atoms with Crippen LogP contribution in [0.3, 0.4) is 0 Å². The molecule has 0 unspecified atom stereocenters. The monoisotopic (exact) mass is 241 g/mol. The Bertz CT molecular complexity index is 480. The van der Waals surface area contributed by atoms with E-state index >= 15 is 0 Å². The number of ether oxygens (including phenoxy) is 1. The molecule has 6 heteroatoms. The van der Waals surface area contributed by atoms with E-state index in [1.165, 1.54) is 6.92 Å². The van der Waals surface area contributed by atoms with Crippen molar-refractivity contribution in [2.75, 3.05) is 6.61 Å². The summed E-state index contributed by atoms with van der Waals surface area (Å²) in [7, 11) is 0. The number of nitrogens with zero attached hydrogens (tertiary/aromatic N) is 1. The van der Waals surface area contributed by atoms with E-state index < -0.39 is 29.3 Å². The van der Waals surface area contributed by atoms with E-state index in [0.29, 0.717) is 0 Å². The summed E-state index contributed by atoms with van der Waals surface area (Å²) < 4.78 is 29.7. The first kappa shape index (κ1) is 12.9. The van der Waals surface area contributed by atoms with E-state index in [2.05, 4.69) is 4.74 Å². The zero-order valence-corrected chi connectivity index (χ0v) is 8.91. The average Bonchev–Trinajstić information content (AvgIpc) is 2.29. The highest BCUT2D eigenvalue weighted by Gasteiger charge is 2.22. The highest BCUT2D eigenvalue weighted by molar-refractivity contribution is 5.93. The average molecular weight is 241 g/mol. The number of carbonyl (C=O) groups excluding carboxylic acids is 1. The number of phenols is 1. The van der Waals surface area contributed by atoms with Crippen LogP contribution >= 0.6 is 0 Å². The third kappa shape index (κ3) is 2.69. The van der Waals surface area contributed by atoms with Gasteiger partial charge in [-0.3, -0.25) is 0 Å². The van der Waals surface area contributed by atoms with E-state index in [1.54, 1.807) is 6.07 Å². The number of rotatable bonds is 3. The zero-order valence-electron chi connectivity index (χ0n) is 8.91. The maximum absolute atomic E-state index is 12.6. The van der Waals surface area contributed by atoms with Crippen LogP contribution in [-0.2, 0) is 4.74 Å². The molecular formula is C11H9F2NO3. The molecule has 0 fully saturated rings. The number of hydrogen-bond acceptors (Lipinski definition) is 4. The predicted molar refractivity (Wildman–Crippen MR) is 53.7 cm³/mol. The van der Waals surface area contributed by atoms with Gasteiger partial charge in [-0.15, -0.1) is 0 Å². The summed E-state index contributed by atoms with van der Waals surface area (Å²) in [5.41, 5.74) is -1.32. The second kappa shape index (κ2) is 5.25. The Balaban J connectivity index is 3.35. The van der Waals surface area contributed by atoms with Gasteiger partial charge < -0.3 is 9.84 Å². The molecule has 1 N–H and O–H groups in total. The zero-order chi connectivity index (χ0) is 13.0. The minimum atomic E-state index is -2.98. The number of esters is 1. The van der Waals surface area contributed by atoms with Gasteiger partial charge in [0.25, 0.3) is 6.43 Å². The normalized spacial score (nSPS) is 10.1. The standard InChI is InChI=1S/C11H9F2NO3/c1-2-17-11(16)8-4-6(5-14)3-7(9(8)15)10(12)13/h3-4,10,15H,2H2,1H3. The first-order valence-electron chi connectivity index (χ1n) is 4.73. The molecule has 0 aliphatic carbocycles. The molecule has 4 nitrogen and oxygen atoms in total. The first-order chi connectivity index (χ1) is 8.01. The lowest BCUT2D eigenvalue weighted by Crippen LogP contribution is -2.07. The molecule has 90 valence electrons. The van der Waals surface area contributed by atoms with Crippen LogP contribution in [0.25, 0.3) is 0 Å². The number of alkyl halides is 2. The SMILES string of the molecule is CCOC(=O)c1cc(C#N)cc(C(F)F)c1O. The number of halogens is 2. The summed E-state index contributed by atoms with van der Waals surface area (Å²) in [6.45, 7) is 1.58. The van der Waals surface area contributed by atoms with Crippen LogP contribution in [0, 0.1) is 11.3 Å². The van der Waals surface area contributed by atoms with E-state index in [-0.39, 0.29) is 12.2 Å². The van der Waals surface area contributed by atoms with E-state index in [9.17, 15) is 18.7 Å². The third-order valence-corrected chi connectivity index (χ3v) is 2.00. The van der Waals surface area contributed by atoms with Gasteiger partial charge >= 0.3 is 5.97 Å². The molecule has 0 heterocycles. The molecule has 0 saturated heterocycles. The molecule has 0 radical (unpaired) electrons. The van der Waals surface area contributed by atoms with Crippen LogP contribution < -0.4 is 0 Å². The Labute approximate surface area is 96.0 Å². The van der Waals surface area contributed by atoms with Crippen molar-refractivity contribution in [3.05, 3.63) is 28.8 Å². The fourth-order valence-electron chi connectivity index (χ4n) is 1.25. The van der Waals surface area contributed by atoms with Crippen LogP contribution in [0.5, 0.6) is 5.75 Å². The highest BCUT2D eigenvalue weighted by Crippen LogP contribution is 2.32. The Kier molecular flexibility index (Phi) is 3.99. The third-order valence-electron chi connectivity index (χ3n) is 2.00. The van der Waals surface area contributed by atoms with E-state index in [1.807, 2.05) is 0 Å². The number of phenolic OH excluding ortho intramolecular Hbond substituents is 1. The number of hydrogen-bond donors (Lipinski definition) is 1. The van der Waals surface area contributed by atoms with Crippen molar-refractivity contribution in [2.24, 2.45) is 0 Å². The summed E-state index contributed by atoms with van der Waals surface area (Å²) >= 11 is 0. The van der Waals surface area contributed by atoms with Crippen molar-refractivity contribution >= 4 is 5.97 Å². The largest absolute Gasteiger partial charge is 0.507 e. The molecule has 0 amide bonds. The van der Waals surface area contributed by atoms with Crippen molar-refractivity contribution in [1.82, 2.24) is 0 Å². The lowest BCUT2D eigenvalue weighted by atomic mass is 10.0. The predicted octanol–water partition coefficient (Wildman–Crippen LogP) is 2.38. The van der Waals surface area contributed by atoms with Gasteiger partial charge in [-0.25, -0.2) is 13.6 Å². The van der Waals surface area contributed by atoms with Gasteiger partial charge in [0.15, 0.2) is 0 Å². The summed E-state index contributed by atoms with van der Waals surface area (Å²) in [6.07, 6.45) is -2.98. The molecule has 1 aromatic carbocycles. The van der Waals surface area contributed by atoms with Gasteiger partial charge in [0, 0.05) is 0 Å². The highest BCUT2D eigenvalue weighted by atomic mass is 19.3. The Morgan fingerprint density at radius 1 is 1.59 bits per heavy atom. The summed E-state index contributed by atoms with van der Waals surface area (Å²) in [5.74, 6) is -1.79. The molecule has 0 aliphatic heterocycles. The van der Waals surface area contributed by atoms with Gasteiger partial charge in [-0.05, 0) is 19.1 Å². The maximum atomic E-state index is 12.6. The van der Waals surface area contributed by atoms with Crippen molar-refractivity contribution in [1.29, 1.82) is 5.26 Å². The lowest BCUT2D eigenvalue weighted by molar-refractivity contribution is 0.0522. The quantitative estimate of drug-likeness (QED) is 0.825. The minimum Gasteiger partial charge on any atom is -0.507 e. The molecule has 1 rings (SSSR count). The fraction of sp³-hybridized carbons (Fsp3) is 0.273. The van der Waals surface area contributed by atoms with Gasteiger partial charge in [0.2, 0.25) is 0 Å². The first-order valence-corrected chi connectivity index (χ1v) is 4.73. The maximum Gasteiger partial charge on any atom is 0.341 e. The topological polar surface area (TPSA) is 70.3 Å². The van der Waals surface area contributed by atoms with Crippen molar-refractivity contribution in [3.8, 4) is 11.8 Å². The number of aromatic hydroxyl groups is 1. The summed E-state index contributed by atoms with van der Waals surface area (Å²) in [6, 6.07) is 3.48.